The van der Waals surface area contributed by atoms with Gasteiger partial charge in [0, 0.05) is 40.2 Å². The Morgan fingerprint density at radius 2 is 1.22 bits per heavy atom. The van der Waals surface area contributed by atoms with Crippen LogP contribution in [0.2, 0.25) is 0 Å². The third-order valence-corrected chi connectivity index (χ3v) is 11.7. The van der Waals surface area contributed by atoms with Gasteiger partial charge in [-0.05, 0) is 104 Å². The molecule has 258 valence electrons. The fourth-order valence-corrected chi connectivity index (χ4v) is 9.00. The molecular weight excluding hydrogens is 653 g/mol. The van der Waals surface area contributed by atoms with Crippen LogP contribution in [0.5, 0.6) is 0 Å². The van der Waals surface area contributed by atoms with E-state index in [1.54, 1.807) is 0 Å². The Balaban J connectivity index is 1.07. The zero-order valence-corrected chi connectivity index (χ0v) is 30.6. The van der Waals surface area contributed by atoms with Crippen molar-refractivity contribution in [2.45, 2.75) is 31.6 Å². The fourth-order valence-electron chi connectivity index (χ4n) is 9.00. The van der Waals surface area contributed by atoms with Crippen molar-refractivity contribution in [1.29, 1.82) is 0 Å². The lowest BCUT2D eigenvalue weighted by molar-refractivity contribution is 0.659. The van der Waals surface area contributed by atoms with Gasteiger partial charge < -0.3 is 4.57 Å². The predicted molar refractivity (Wildman–Crippen MR) is 225 cm³/mol. The monoisotopic (exact) mass is 692 g/mol. The Hall–Kier alpha value is -6.51. The molecule has 1 aliphatic rings. The van der Waals surface area contributed by atoms with Gasteiger partial charge >= 0.3 is 0 Å². The Bertz CT molecular complexity index is 2790. The van der Waals surface area contributed by atoms with E-state index in [1.807, 2.05) is 18.5 Å². The van der Waals surface area contributed by atoms with Gasteiger partial charge in [0.15, 0.2) is 0 Å². The van der Waals surface area contributed by atoms with Gasteiger partial charge in [-0.3, -0.25) is 4.98 Å². The normalized spacial score (nSPS) is 13.5. The maximum Gasteiger partial charge on any atom is 0.0541 e. The highest BCUT2D eigenvalue weighted by molar-refractivity contribution is 6.10. The van der Waals surface area contributed by atoms with Crippen LogP contribution in [0, 0.1) is 0 Å². The molecule has 2 nitrogen and oxygen atoms in total. The number of benzene rings is 7. The highest BCUT2D eigenvalue weighted by Gasteiger charge is 2.37. The van der Waals surface area contributed by atoms with Crippen LogP contribution in [0.15, 0.2) is 188 Å². The van der Waals surface area contributed by atoms with Crippen molar-refractivity contribution in [3.05, 3.63) is 216 Å². The number of pyridine rings is 1. The van der Waals surface area contributed by atoms with E-state index in [-0.39, 0.29) is 11.3 Å². The van der Waals surface area contributed by atoms with Gasteiger partial charge in [-0.25, -0.2) is 0 Å². The maximum atomic E-state index is 4.34. The molecule has 1 unspecified atom stereocenters. The zero-order valence-electron chi connectivity index (χ0n) is 30.6. The number of hydrogen-bond acceptors (Lipinski definition) is 1. The van der Waals surface area contributed by atoms with Crippen LogP contribution in [0.25, 0.3) is 60.9 Å². The summed E-state index contributed by atoms with van der Waals surface area (Å²) in [4.78, 5) is 4.34. The third kappa shape index (κ3) is 5.29. The second-order valence-electron chi connectivity index (χ2n) is 15.2. The molecule has 2 aromatic heterocycles. The molecule has 7 aromatic carbocycles. The summed E-state index contributed by atoms with van der Waals surface area (Å²) in [5.41, 5.74) is 18.0. The van der Waals surface area contributed by atoms with E-state index in [4.69, 9.17) is 0 Å². The minimum Gasteiger partial charge on any atom is -0.309 e. The Labute approximate surface area is 317 Å². The van der Waals surface area contributed by atoms with Crippen LogP contribution in [-0.4, -0.2) is 9.55 Å². The quantitative estimate of drug-likeness (QED) is 0.163. The Morgan fingerprint density at radius 1 is 0.537 bits per heavy atom. The van der Waals surface area contributed by atoms with Gasteiger partial charge in [0.25, 0.3) is 0 Å². The first kappa shape index (κ1) is 32.2. The summed E-state index contributed by atoms with van der Waals surface area (Å²) in [7, 11) is 0. The molecule has 0 bridgehead atoms. The largest absolute Gasteiger partial charge is 0.309 e. The standard InChI is InChI=1S/C52H40N2/c1-52(2)47-18-8-6-16-44(47)51-43(17-10-19-48(51)52)45(32-35-21-23-37(24-22-35)40-12-11-31-53-34-40)38-27-25-36(26-28-38)39-29-30-50-46(33-39)42-15-7-9-20-49(42)54(50)41-13-4-3-5-14-41/h3-31,33-34,45H,32H2,1-2H3. The van der Waals surface area contributed by atoms with E-state index in [2.05, 4.69) is 193 Å². The minimum absolute atomic E-state index is 0.0516. The molecule has 0 spiro atoms. The highest BCUT2D eigenvalue weighted by atomic mass is 15.0. The summed E-state index contributed by atoms with van der Waals surface area (Å²) in [5.74, 6) is 0.173. The second kappa shape index (κ2) is 12.9. The Kier molecular flexibility index (Phi) is 7.66. The van der Waals surface area contributed by atoms with Gasteiger partial charge in [0.05, 0.1) is 11.0 Å². The fraction of sp³-hybridized carbons (Fsp3) is 0.0962. The van der Waals surface area contributed by atoms with Gasteiger partial charge in [0.2, 0.25) is 0 Å². The summed E-state index contributed by atoms with van der Waals surface area (Å²) < 4.78 is 2.38. The predicted octanol–water partition coefficient (Wildman–Crippen LogP) is 13.2. The molecule has 0 amide bonds. The molecule has 0 aliphatic heterocycles. The molecule has 0 saturated heterocycles. The van der Waals surface area contributed by atoms with Crippen molar-refractivity contribution >= 4 is 21.8 Å². The molecule has 0 fully saturated rings. The summed E-state index contributed by atoms with van der Waals surface area (Å²) in [6.07, 6.45) is 4.66. The average Bonchev–Trinajstić information content (AvgIpc) is 3.69. The summed E-state index contributed by atoms with van der Waals surface area (Å²) >= 11 is 0. The summed E-state index contributed by atoms with van der Waals surface area (Å²) in [5, 5.41) is 2.54. The zero-order chi connectivity index (χ0) is 36.2. The highest BCUT2D eigenvalue weighted by Crippen LogP contribution is 2.52. The van der Waals surface area contributed by atoms with Crippen LogP contribution in [0.1, 0.15) is 47.6 Å². The van der Waals surface area contributed by atoms with Crippen molar-refractivity contribution in [3.63, 3.8) is 0 Å². The molecule has 9 aromatic rings. The lowest BCUT2D eigenvalue weighted by Gasteiger charge is -2.24. The molecule has 1 atom stereocenters. The summed E-state index contributed by atoms with van der Waals surface area (Å²) in [6.45, 7) is 4.74. The molecule has 54 heavy (non-hydrogen) atoms. The number of fused-ring (bicyclic) bond motifs is 6. The second-order valence-corrected chi connectivity index (χ2v) is 15.2. The first-order valence-corrected chi connectivity index (χ1v) is 19.0. The van der Waals surface area contributed by atoms with Crippen LogP contribution in [0.4, 0.5) is 0 Å². The van der Waals surface area contributed by atoms with Crippen molar-refractivity contribution < 1.29 is 0 Å². The van der Waals surface area contributed by atoms with E-state index in [1.165, 1.54) is 83.1 Å². The average molecular weight is 693 g/mol. The lowest BCUT2D eigenvalue weighted by atomic mass is 9.79. The van der Waals surface area contributed by atoms with E-state index in [9.17, 15) is 0 Å². The van der Waals surface area contributed by atoms with Gasteiger partial charge in [-0.2, -0.15) is 0 Å². The smallest absolute Gasteiger partial charge is 0.0541 e. The topological polar surface area (TPSA) is 17.8 Å². The SMILES string of the molecule is CC1(C)c2ccccc2-c2c(C(Cc3ccc(-c4cccnc4)cc3)c3ccc(-c4ccc5c(c4)c4ccccc4n5-c4ccccc4)cc3)cccc21. The number of nitrogens with zero attached hydrogens (tertiary/aromatic N) is 2. The van der Waals surface area contributed by atoms with Gasteiger partial charge in [-0.15, -0.1) is 0 Å². The molecule has 1 aliphatic carbocycles. The van der Waals surface area contributed by atoms with Crippen molar-refractivity contribution in [3.8, 4) is 39.1 Å². The minimum atomic E-state index is -0.0516. The lowest BCUT2D eigenvalue weighted by Crippen LogP contribution is -2.15. The van der Waals surface area contributed by atoms with Gasteiger partial charge in [0.1, 0.15) is 0 Å². The maximum absolute atomic E-state index is 4.34. The van der Waals surface area contributed by atoms with E-state index in [0.29, 0.717) is 0 Å². The van der Waals surface area contributed by atoms with Crippen LogP contribution in [-0.2, 0) is 11.8 Å². The molecule has 2 heterocycles. The van der Waals surface area contributed by atoms with E-state index >= 15 is 0 Å². The summed E-state index contributed by atoms with van der Waals surface area (Å²) in [6, 6.07) is 64.9. The van der Waals surface area contributed by atoms with Gasteiger partial charge in [-0.1, -0.05) is 153 Å². The number of hydrogen-bond donors (Lipinski definition) is 0. The first-order chi connectivity index (χ1) is 26.5. The molecule has 10 rings (SSSR count). The van der Waals surface area contributed by atoms with Crippen LogP contribution < -0.4 is 0 Å². The van der Waals surface area contributed by atoms with Crippen molar-refractivity contribution in [1.82, 2.24) is 9.55 Å². The van der Waals surface area contributed by atoms with Crippen LogP contribution >= 0.6 is 0 Å². The van der Waals surface area contributed by atoms with Crippen LogP contribution in [0.3, 0.4) is 0 Å². The van der Waals surface area contributed by atoms with E-state index in [0.717, 1.165) is 12.0 Å². The van der Waals surface area contributed by atoms with Crippen molar-refractivity contribution in [2.75, 3.05) is 0 Å². The van der Waals surface area contributed by atoms with Crippen molar-refractivity contribution in [2.24, 2.45) is 0 Å². The third-order valence-electron chi connectivity index (χ3n) is 11.7. The first-order valence-electron chi connectivity index (χ1n) is 19.0. The number of rotatable bonds is 7. The number of aromatic nitrogens is 2. The molecule has 0 radical (unpaired) electrons. The Morgan fingerprint density at radius 3 is 2.04 bits per heavy atom. The van der Waals surface area contributed by atoms with E-state index < -0.39 is 0 Å². The number of para-hydroxylation sites is 2. The molecule has 0 N–H and O–H groups in total. The molecule has 0 saturated carbocycles. The molecular formula is C52H40N2. The molecule has 2 heteroatoms.